The molecule has 0 aromatic heterocycles. The van der Waals surface area contributed by atoms with Gasteiger partial charge in [-0.15, -0.1) is 0 Å². The fraction of sp³-hybridized carbons (Fsp3) is 0.822. The van der Waals surface area contributed by atoms with Gasteiger partial charge in [-0.3, -0.25) is 0 Å². The number of allylic oxidation sites excluding steroid dienone is 8. The first kappa shape index (κ1) is 44.9. The summed E-state index contributed by atoms with van der Waals surface area (Å²) < 4.78 is 14.4. The lowest BCUT2D eigenvalue weighted by atomic mass is 9.98. The summed E-state index contributed by atoms with van der Waals surface area (Å²) in [5.41, 5.74) is 0. The summed E-state index contributed by atoms with van der Waals surface area (Å²) in [5, 5.41) is 0. The zero-order chi connectivity index (χ0) is 34.9. The lowest BCUT2D eigenvalue weighted by Crippen LogP contribution is -2.41. The van der Waals surface area contributed by atoms with Crippen molar-refractivity contribution in [2.75, 3.05) is 33.8 Å². The zero-order valence-corrected chi connectivity index (χ0v) is 33.2. The predicted octanol–water partition coefficient (Wildman–Crippen LogP) is 14.0. The number of hydrogen-bond acceptors (Lipinski definition) is 2. The molecular weight excluding hydrogens is 587 g/mol. The average molecular weight is 671 g/mol. The molecule has 1 rings (SSSR count). The molecule has 0 amide bonds. The molecule has 1 fully saturated rings. The highest BCUT2D eigenvalue weighted by Crippen LogP contribution is 2.36. The van der Waals surface area contributed by atoms with Crippen LogP contribution < -0.4 is 0 Å². The molecule has 1 unspecified atom stereocenters. The Labute approximate surface area is 301 Å². The summed E-state index contributed by atoms with van der Waals surface area (Å²) in [6, 6.07) is 0. The van der Waals surface area contributed by atoms with Crippen LogP contribution in [0.1, 0.15) is 194 Å². The van der Waals surface area contributed by atoms with Gasteiger partial charge in [0.25, 0.3) is 0 Å². The van der Waals surface area contributed by atoms with Gasteiger partial charge < -0.3 is 14.0 Å². The molecule has 0 spiro atoms. The van der Waals surface area contributed by atoms with E-state index in [0.717, 1.165) is 49.7 Å². The van der Waals surface area contributed by atoms with Crippen LogP contribution in [0.4, 0.5) is 0 Å². The minimum Gasteiger partial charge on any atom is -0.347 e. The Bertz CT molecular complexity index is 762. The fourth-order valence-corrected chi connectivity index (χ4v) is 6.56. The molecule has 48 heavy (non-hydrogen) atoms. The third-order valence-electron chi connectivity index (χ3n) is 10.3. The summed E-state index contributed by atoms with van der Waals surface area (Å²) in [4.78, 5) is 0. The highest BCUT2D eigenvalue weighted by molar-refractivity contribution is 4.93. The molecule has 0 N–H and O–H groups in total. The van der Waals surface area contributed by atoms with Gasteiger partial charge in [-0.25, -0.2) is 0 Å². The Kier molecular flexibility index (Phi) is 29.7. The van der Waals surface area contributed by atoms with E-state index in [4.69, 9.17) is 9.47 Å². The molecule has 3 heteroatoms. The molecule has 1 heterocycles. The summed E-state index contributed by atoms with van der Waals surface area (Å²) in [6.45, 7) is 9.94. The minimum atomic E-state index is -0.321. The summed E-state index contributed by atoms with van der Waals surface area (Å²) in [6.07, 6.45) is 53.4. The van der Waals surface area contributed by atoms with Crippen molar-refractivity contribution in [3.8, 4) is 0 Å². The van der Waals surface area contributed by atoms with Gasteiger partial charge in [-0.2, -0.15) is 0 Å². The van der Waals surface area contributed by atoms with Crippen molar-refractivity contribution in [1.29, 1.82) is 0 Å². The third-order valence-corrected chi connectivity index (χ3v) is 10.3. The maximum atomic E-state index is 6.78. The van der Waals surface area contributed by atoms with Crippen molar-refractivity contribution in [1.82, 2.24) is 0 Å². The molecule has 0 aromatic carbocycles. The van der Waals surface area contributed by atoms with Crippen molar-refractivity contribution >= 4 is 0 Å². The van der Waals surface area contributed by atoms with Gasteiger partial charge >= 0.3 is 0 Å². The molecule has 1 atom stereocenters. The van der Waals surface area contributed by atoms with E-state index in [2.05, 4.69) is 83.5 Å². The second kappa shape index (κ2) is 31.8. The number of ether oxygens (including phenoxy) is 2. The standard InChI is InChI=1S/C45H84NO2/c1-6-9-11-13-15-17-19-21-23-25-27-29-31-33-35-37-40-45(47-43-44(48-45)39-42-46(4,5)8-3)41-38-36-34-32-30-28-26-24-22-20-18-16-14-12-10-7-2/h15-18,21-24,44H,6-14,19-20,25-43H2,1-5H3/q+1/b17-15-,18-16-,23-21-,24-22-. The molecule has 0 radical (unpaired) electrons. The number of hydrogen-bond donors (Lipinski definition) is 0. The largest absolute Gasteiger partial charge is 0.347 e. The predicted molar refractivity (Wildman–Crippen MR) is 214 cm³/mol. The Balaban J connectivity index is 2.24. The smallest absolute Gasteiger partial charge is 0.168 e. The molecule has 0 aliphatic carbocycles. The van der Waals surface area contributed by atoms with Crippen LogP contribution in [0, 0.1) is 0 Å². The third kappa shape index (κ3) is 26.7. The van der Waals surface area contributed by atoms with Crippen LogP contribution in [0.5, 0.6) is 0 Å². The van der Waals surface area contributed by atoms with E-state index in [9.17, 15) is 0 Å². The lowest BCUT2D eigenvalue weighted by molar-refractivity contribution is -0.889. The van der Waals surface area contributed by atoms with E-state index in [-0.39, 0.29) is 11.9 Å². The first-order chi connectivity index (χ1) is 23.5. The summed E-state index contributed by atoms with van der Waals surface area (Å²) in [5.74, 6) is -0.321. The van der Waals surface area contributed by atoms with Gasteiger partial charge in [-0.05, 0) is 84.0 Å². The lowest BCUT2D eigenvalue weighted by Gasteiger charge is -2.31. The zero-order valence-electron chi connectivity index (χ0n) is 33.2. The molecular formula is C45H84NO2+. The van der Waals surface area contributed by atoms with E-state index in [1.807, 2.05) is 0 Å². The van der Waals surface area contributed by atoms with E-state index in [1.165, 1.54) is 148 Å². The van der Waals surface area contributed by atoms with Crippen LogP contribution >= 0.6 is 0 Å². The Morgan fingerprint density at radius 1 is 0.521 bits per heavy atom. The number of nitrogens with zero attached hydrogens (tertiary/aromatic N) is 1. The molecule has 1 saturated heterocycles. The molecule has 0 aromatic rings. The van der Waals surface area contributed by atoms with E-state index >= 15 is 0 Å². The molecule has 3 nitrogen and oxygen atoms in total. The molecule has 0 bridgehead atoms. The van der Waals surface area contributed by atoms with Gasteiger partial charge in [0.1, 0.15) is 0 Å². The Morgan fingerprint density at radius 3 is 1.33 bits per heavy atom. The number of unbranched alkanes of at least 4 members (excludes halogenated alkanes) is 18. The Hall–Kier alpha value is -1.16. The fourth-order valence-electron chi connectivity index (χ4n) is 6.56. The van der Waals surface area contributed by atoms with Crippen molar-refractivity contribution in [2.45, 2.75) is 206 Å². The van der Waals surface area contributed by atoms with Crippen molar-refractivity contribution in [2.24, 2.45) is 0 Å². The normalized spacial score (nSPS) is 17.0. The SMILES string of the molecule is CCCCC/C=C\C/C=C\CCCCCCCCC1(CCCCCCCC/C=C\C/C=C\CCCCC)OCC(CC[N+](C)(C)CC)O1. The van der Waals surface area contributed by atoms with Crippen LogP contribution in [0.25, 0.3) is 0 Å². The second-order valence-electron chi connectivity index (χ2n) is 15.4. The quantitative estimate of drug-likeness (QED) is 0.0385. The van der Waals surface area contributed by atoms with Crippen LogP contribution in [0.2, 0.25) is 0 Å². The first-order valence-corrected chi connectivity index (χ1v) is 21.2. The summed E-state index contributed by atoms with van der Waals surface area (Å²) >= 11 is 0. The topological polar surface area (TPSA) is 18.5 Å². The van der Waals surface area contributed by atoms with Gasteiger partial charge in [0.05, 0.1) is 39.9 Å². The van der Waals surface area contributed by atoms with Gasteiger partial charge in [0.15, 0.2) is 5.79 Å². The van der Waals surface area contributed by atoms with Crippen LogP contribution in [-0.2, 0) is 9.47 Å². The molecule has 1 aliphatic rings. The van der Waals surface area contributed by atoms with Crippen LogP contribution in [0.15, 0.2) is 48.6 Å². The van der Waals surface area contributed by atoms with E-state index < -0.39 is 0 Å². The minimum absolute atomic E-state index is 0.267. The number of rotatable bonds is 34. The van der Waals surface area contributed by atoms with E-state index in [0.29, 0.717) is 0 Å². The highest BCUT2D eigenvalue weighted by Gasteiger charge is 2.40. The van der Waals surface area contributed by atoms with Crippen molar-refractivity contribution in [3.05, 3.63) is 48.6 Å². The van der Waals surface area contributed by atoms with E-state index in [1.54, 1.807) is 0 Å². The van der Waals surface area contributed by atoms with Crippen LogP contribution in [-0.4, -0.2) is 50.2 Å². The van der Waals surface area contributed by atoms with Crippen LogP contribution in [0.3, 0.4) is 0 Å². The maximum Gasteiger partial charge on any atom is 0.168 e. The first-order valence-electron chi connectivity index (χ1n) is 21.2. The van der Waals surface area contributed by atoms with Gasteiger partial charge in [0.2, 0.25) is 0 Å². The van der Waals surface area contributed by atoms with Crippen molar-refractivity contribution < 1.29 is 14.0 Å². The molecule has 280 valence electrons. The summed E-state index contributed by atoms with van der Waals surface area (Å²) in [7, 11) is 4.66. The highest BCUT2D eigenvalue weighted by atomic mass is 16.7. The molecule has 0 saturated carbocycles. The maximum absolute atomic E-state index is 6.78. The van der Waals surface area contributed by atoms with Gasteiger partial charge in [0, 0.05) is 19.3 Å². The van der Waals surface area contributed by atoms with Crippen molar-refractivity contribution in [3.63, 3.8) is 0 Å². The monoisotopic (exact) mass is 671 g/mol. The Morgan fingerprint density at radius 2 is 0.917 bits per heavy atom. The second-order valence-corrected chi connectivity index (χ2v) is 15.4. The average Bonchev–Trinajstić information content (AvgIpc) is 3.50. The number of quaternary nitrogens is 1. The molecule has 1 aliphatic heterocycles. The van der Waals surface area contributed by atoms with Gasteiger partial charge in [-0.1, -0.05) is 140 Å².